The molecule has 0 aliphatic carbocycles. The van der Waals surface area contributed by atoms with E-state index in [0.717, 1.165) is 49.8 Å². The third-order valence-corrected chi connectivity index (χ3v) is 7.16. The lowest BCUT2D eigenvalue weighted by atomic mass is 10.0. The number of ether oxygens (including phenoxy) is 1. The molecule has 1 aliphatic rings. The van der Waals surface area contributed by atoms with Crippen molar-refractivity contribution in [3.8, 4) is 5.75 Å². The van der Waals surface area contributed by atoms with Crippen molar-refractivity contribution in [1.82, 2.24) is 4.31 Å². The molecule has 0 amide bonds. The average Bonchev–Trinajstić information content (AvgIpc) is 2.72. The van der Waals surface area contributed by atoms with Gasteiger partial charge in [0.05, 0.1) is 11.5 Å². The van der Waals surface area contributed by atoms with Crippen molar-refractivity contribution in [2.45, 2.75) is 63.8 Å². The van der Waals surface area contributed by atoms with Gasteiger partial charge in [0.15, 0.2) is 0 Å². The van der Waals surface area contributed by atoms with Crippen molar-refractivity contribution >= 4 is 10.0 Å². The molecule has 152 valence electrons. The number of sulfonamides is 1. The molecular weight excluding hydrogens is 370 g/mol. The van der Waals surface area contributed by atoms with Gasteiger partial charge < -0.3 is 4.74 Å². The fourth-order valence-corrected chi connectivity index (χ4v) is 4.91. The first kappa shape index (κ1) is 20.9. The second-order valence-electron chi connectivity index (χ2n) is 7.47. The van der Waals surface area contributed by atoms with Gasteiger partial charge in [-0.2, -0.15) is 4.31 Å². The molecule has 2 aromatic carbocycles. The Hall–Kier alpha value is -1.85. The Morgan fingerprint density at radius 3 is 2.43 bits per heavy atom. The number of nitrogens with zero attached hydrogens (tertiary/aromatic N) is 1. The predicted molar refractivity (Wildman–Crippen MR) is 113 cm³/mol. The highest BCUT2D eigenvalue weighted by Crippen LogP contribution is 2.28. The van der Waals surface area contributed by atoms with Gasteiger partial charge in [0, 0.05) is 13.1 Å². The molecule has 28 heavy (non-hydrogen) atoms. The number of hydrogen-bond acceptors (Lipinski definition) is 3. The van der Waals surface area contributed by atoms with Crippen molar-refractivity contribution in [3.05, 3.63) is 59.2 Å². The summed E-state index contributed by atoms with van der Waals surface area (Å²) >= 11 is 0. The average molecular weight is 402 g/mol. The Morgan fingerprint density at radius 2 is 1.71 bits per heavy atom. The number of fused-ring (bicyclic) bond motifs is 1. The first-order valence-electron chi connectivity index (χ1n) is 10.4. The lowest BCUT2D eigenvalue weighted by molar-refractivity contribution is 0.307. The second kappa shape index (κ2) is 9.57. The smallest absolute Gasteiger partial charge is 0.243 e. The molecule has 0 saturated carbocycles. The van der Waals surface area contributed by atoms with Crippen LogP contribution in [0.4, 0.5) is 0 Å². The molecule has 0 N–H and O–H groups in total. The Balaban J connectivity index is 1.73. The third kappa shape index (κ3) is 4.95. The van der Waals surface area contributed by atoms with Crippen LogP contribution in [0.5, 0.6) is 5.75 Å². The minimum absolute atomic E-state index is 0.381. The van der Waals surface area contributed by atoms with E-state index in [1.807, 2.05) is 24.3 Å². The first-order valence-corrected chi connectivity index (χ1v) is 11.8. The number of unbranched alkanes of at least 4 members (excludes halogenated alkanes) is 2. The highest BCUT2D eigenvalue weighted by molar-refractivity contribution is 7.89. The molecule has 0 fully saturated rings. The zero-order chi connectivity index (χ0) is 20.0. The van der Waals surface area contributed by atoms with Gasteiger partial charge in [-0.05, 0) is 66.6 Å². The topological polar surface area (TPSA) is 46.6 Å². The maximum absolute atomic E-state index is 13.1. The summed E-state index contributed by atoms with van der Waals surface area (Å²) in [4.78, 5) is 0.381. The van der Waals surface area contributed by atoms with Crippen LogP contribution in [0, 0.1) is 0 Å². The quantitative estimate of drug-likeness (QED) is 0.558. The number of hydrogen-bond donors (Lipinski definition) is 0. The van der Waals surface area contributed by atoms with Crippen molar-refractivity contribution in [2.75, 3.05) is 13.2 Å². The molecular formula is C23H31NO3S. The van der Waals surface area contributed by atoms with Crippen molar-refractivity contribution in [2.24, 2.45) is 0 Å². The van der Waals surface area contributed by atoms with Crippen LogP contribution >= 0.6 is 0 Å². The van der Waals surface area contributed by atoms with Gasteiger partial charge >= 0.3 is 0 Å². The van der Waals surface area contributed by atoms with Gasteiger partial charge in [-0.1, -0.05) is 44.9 Å². The molecule has 0 atom stereocenters. The van der Waals surface area contributed by atoms with Gasteiger partial charge in [-0.3, -0.25) is 0 Å². The molecule has 0 saturated heterocycles. The molecule has 4 nitrogen and oxygen atoms in total. The summed E-state index contributed by atoms with van der Waals surface area (Å²) in [5.74, 6) is 0.826. The number of aryl methyl sites for hydroxylation is 1. The number of benzene rings is 2. The summed E-state index contributed by atoms with van der Waals surface area (Å²) in [5, 5.41) is 0. The van der Waals surface area contributed by atoms with Crippen molar-refractivity contribution in [1.29, 1.82) is 0 Å². The molecule has 1 aliphatic heterocycles. The van der Waals surface area contributed by atoms with Crippen molar-refractivity contribution < 1.29 is 13.2 Å². The highest BCUT2D eigenvalue weighted by Gasteiger charge is 2.28. The van der Waals surface area contributed by atoms with Crippen LogP contribution < -0.4 is 4.74 Å². The summed E-state index contributed by atoms with van der Waals surface area (Å²) in [6.07, 6.45) is 6.10. The van der Waals surface area contributed by atoms with Crippen LogP contribution in [0.2, 0.25) is 0 Å². The molecule has 0 unspecified atom stereocenters. The van der Waals surface area contributed by atoms with E-state index in [4.69, 9.17) is 4.74 Å². The van der Waals surface area contributed by atoms with Crippen LogP contribution in [-0.2, 0) is 29.4 Å². The van der Waals surface area contributed by atoms with E-state index < -0.39 is 10.0 Å². The summed E-state index contributed by atoms with van der Waals surface area (Å²) in [6, 6.07) is 13.5. The standard InChI is InChI=1S/C23H31NO3S/c1-3-5-7-19-8-12-23(13-9-19)28(25,26)24-15-14-20-10-11-22(17-21(20)18-24)27-16-6-4-2/h8-13,17H,3-7,14-16,18H2,1-2H3. The lowest BCUT2D eigenvalue weighted by Gasteiger charge is -2.28. The van der Waals surface area contributed by atoms with Gasteiger partial charge in [0.2, 0.25) is 10.0 Å². The fraction of sp³-hybridized carbons (Fsp3) is 0.478. The van der Waals surface area contributed by atoms with E-state index in [1.165, 1.54) is 11.1 Å². The minimum atomic E-state index is -3.48. The Morgan fingerprint density at radius 1 is 0.964 bits per heavy atom. The van der Waals surface area contributed by atoms with E-state index in [0.29, 0.717) is 24.6 Å². The van der Waals surface area contributed by atoms with Crippen molar-refractivity contribution in [3.63, 3.8) is 0 Å². The highest BCUT2D eigenvalue weighted by atomic mass is 32.2. The molecule has 3 rings (SSSR count). The largest absolute Gasteiger partial charge is 0.494 e. The first-order chi connectivity index (χ1) is 13.5. The van der Waals surface area contributed by atoms with E-state index >= 15 is 0 Å². The summed E-state index contributed by atoms with van der Waals surface area (Å²) in [7, 11) is -3.48. The van der Waals surface area contributed by atoms with Gasteiger partial charge in [-0.25, -0.2) is 8.42 Å². The summed E-state index contributed by atoms with van der Waals surface area (Å²) in [5.41, 5.74) is 3.45. The molecule has 5 heteroatoms. The molecule has 0 radical (unpaired) electrons. The summed E-state index contributed by atoms with van der Waals surface area (Å²) in [6.45, 7) is 5.91. The molecule has 2 aromatic rings. The molecule has 0 spiro atoms. The SMILES string of the molecule is CCCCOc1ccc2c(c1)CN(S(=O)(=O)c1ccc(CCCC)cc1)CC2. The van der Waals surface area contributed by atoms with Gasteiger partial charge in [0.1, 0.15) is 5.75 Å². The van der Waals surface area contributed by atoms with Crippen LogP contribution in [-0.4, -0.2) is 25.9 Å². The predicted octanol–water partition coefficient (Wildman–Crippen LogP) is 4.96. The lowest BCUT2D eigenvalue weighted by Crippen LogP contribution is -2.36. The summed E-state index contributed by atoms with van der Waals surface area (Å²) < 4.78 is 33.6. The van der Waals surface area contributed by atoms with Crippen LogP contribution in [0.3, 0.4) is 0 Å². The van der Waals surface area contributed by atoms with E-state index in [2.05, 4.69) is 19.9 Å². The zero-order valence-corrected chi connectivity index (χ0v) is 17.8. The maximum Gasteiger partial charge on any atom is 0.243 e. The Labute approximate surface area is 169 Å². The van der Waals surface area contributed by atoms with E-state index in [-0.39, 0.29) is 0 Å². The fourth-order valence-electron chi connectivity index (χ4n) is 3.49. The minimum Gasteiger partial charge on any atom is -0.494 e. The second-order valence-corrected chi connectivity index (χ2v) is 9.41. The van der Waals surface area contributed by atoms with E-state index in [1.54, 1.807) is 16.4 Å². The Kier molecular flexibility index (Phi) is 7.13. The van der Waals surface area contributed by atoms with Crippen LogP contribution in [0.1, 0.15) is 56.2 Å². The van der Waals surface area contributed by atoms with Crippen LogP contribution in [0.15, 0.2) is 47.4 Å². The van der Waals surface area contributed by atoms with Gasteiger partial charge in [0.25, 0.3) is 0 Å². The monoisotopic (exact) mass is 401 g/mol. The maximum atomic E-state index is 13.1. The number of rotatable bonds is 9. The third-order valence-electron chi connectivity index (χ3n) is 5.30. The molecule has 0 aromatic heterocycles. The molecule has 0 bridgehead atoms. The van der Waals surface area contributed by atoms with E-state index in [9.17, 15) is 8.42 Å². The molecule has 1 heterocycles. The zero-order valence-electron chi connectivity index (χ0n) is 17.0. The Bertz CT molecular complexity index is 875. The van der Waals surface area contributed by atoms with Crippen LogP contribution in [0.25, 0.3) is 0 Å². The normalized spacial score (nSPS) is 14.6. The van der Waals surface area contributed by atoms with Gasteiger partial charge in [-0.15, -0.1) is 0 Å².